The average molecular weight is 242 g/mol. The van der Waals surface area contributed by atoms with Crippen molar-refractivity contribution in [1.82, 2.24) is 4.98 Å². The summed E-state index contributed by atoms with van der Waals surface area (Å²) in [5.74, 6) is -1.69. The van der Waals surface area contributed by atoms with E-state index in [9.17, 15) is 26.4 Å². The van der Waals surface area contributed by atoms with Gasteiger partial charge in [-0.15, -0.1) is 0 Å². The summed E-state index contributed by atoms with van der Waals surface area (Å²) in [6.45, 7) is 0. The molecule has 84 valence electrons. The molecule has 0 spiro atoms. The van der Waals surface area contributed by atoms with Gasteiger partial charge in [0.05, 0.1) is 5.69 Å². The van der Waals surface area contributed by atoms with Gasteiger partial charge < -0.3 is 4.98 Å². The highest BCUT2D eigenvalue weighted by Crippen LogP contribution is 2.16. The first-order valence-corrected chi connectivity index (χ1v) is 5.02. The SMILES string of the molecule is NS(=O)(=O)c1c(F)[nH]c(C(F)F)cc1=O. The lowest BCUT2D eigenvalue weighted by atomic mass is 10.3. The topological polar surface area (TPSA) is 93.0 Å². The second-order valence-electron chi connectivity index (χ2n) is 2.58. The molecule has 0 aromatic carbocycles. The number of aromatic amines is 1. The van der Waals surface area contributed by atoms with E-state index in [2.05, 4.69) is 5.14 Å². The second-order valence-corrected chi connectivity index (χ2v) is 4.08. The highest BCUT2D eigenvalue weighted by Gasteiger charge is 2.22. The molecule has 0 fully saturated rings. The Hall–Kier alpha value is -1.35. The fourth-order valence-electron chi connectivity index (χ4n) is 0.917. The lowest BCUT2D eigenvalue weighted by molar-refractivity contribution is 0.144. The summed E-state index contributed by atoms with van der Waals surface area (Å²) in [6.07, 6.45) is -3.11. The summed E-state index contributed by atoms with van der Waals surface area (Å²) in [7, 11) is -4.57. The zero-order valence-electron chi connectivity index (χ0n) is 7.00. The van der Waals surface area contributed by atoms with Crippen LogP contribution in [-0.2, 0) is 10.0 Å². The van der Waals surface area contributed by atoms with Crippen LogP contribution >= 0.6 is 0 Å². The molecule has 9 heteroatoms. The van der Waals surface area contributed by atoms with E-state index in [4.69, 9.17) is 0 Å². The number of primary sulfonamides is 1. The van der Waals surface area contributed by atoms with Crippen LogP contribution in [0.5, 0.6) is 0 Å². The molecular weight excluding hydrogens is 237 g/mol. The molecule has 0 unspecified atom stereocenters. The predicted octanol–water partition coefficient (Wildman–Crippen LogP) is 0.0990. The van der Waals surface area contributed by atoms with Crippen molar-refractivity contribution in [3.05, 3.63) is 27.9 Å². The molecule has 0 saturated heterocycles. The molecule has 1 rings (SSSR count). The van der Waals surface area contributed by atoms with Gasteiger partial charge in [0, 0.05) is 6.07 Å². The van der Waals surface area contributed by atoms with Gasteiger partial charge in [-0.2, -0.15) is 4.39 Å². The molecule has 0 atom stereocenters. The minimum atomic E-state index is -4.57. The highest BCUT2D eigenvalue weighted by atomic mass is 32.2. The number of sulfonamides is 1. The third kappa shape index (κ3) is 2.36. The lowest BCUT2D eigenvalue weighted by Crippen LogP contribution is -2.24. The predicted molar refractivity (Wildman–Crippen MR) is 43.4 cm³/mol. The summed E-state index contributed by atoms with van der Waals surface area (Å²) in [5.41, 5.74) is -2.42. The maximum atomic E-state index is 12.9. The Labute approximate surface area is 81.8 Å². The van der Waals surface area contributed by atoms with Crippen LogP contribution in [0.2, 0.25) is 0 Å². The van der Waals surface area contributed by atoms with Gasteiger partial charge in [0.2, 0.25) is 21.4 Å². The number of rotatable bonds is 2. The molecule has 0 saturated carbocycles. The van der Waals surface area contributed by atoms with Crippen LogP contribution in [0.4, 0.5) is 13.2 Å². The van der Waals surface area contributed by atoms with Crippen molar-refractivity contribution in [2.75, 3.05) is 0 Å². The van der Waals surface area contributed by atoms with Crippen LogP contribution in [0.25, 0.3) is 0 Å². The van der Waals surface area contributed by atoms with E-state index in [1.807, 2.05) is 0 Å². The quantitative estimate of drug-likeness (QED) is 0.720. The maximum Gasteiger partial charge on any atom is 0.278 e. The largest absolute Gasteiger partial charge is 0.329 e. The minimum Gasteiger partial charge on any atom is -0.329 e. The number of H-pyrrole nitrogens is 1. The van der Waals surface area contributed by atoms with E-state index in [1.54, 1.807) is 0 Å². The van der Waals surface area contributed by atoms with Gasteiger partial charge in [0.25, 0.3) is 6.43 Å². The van der Waals surface area contributed by atoms with E-state index in [-0.39, 0.29) is 6.07 Å². The Morgan fingerprint density at radius 1 is 1.40 bits per heavy atom. The Morgan fingerprint density at radius 3 is 2.27 bits per heavy atom. The van der Waals surface area contributed by atoms with Crippen molar-refractivity contribution in [1.29, 1.82) is 0 Å². The standard InChI is InChI=1S/C6H5F3N2O3S/c7-5(8)2-1-3(12)4(6(9)11-2)15(10,13)14/h1,5H,(H,11,12)(H2,10,13,14). The lowest BCUT2D eigenvalue weighted by Gasteiger charge is -2.03. The number of alkyl halides is 2. The molecule has 1 heterocycles. The van der Waals surface area contributed by atoms with Crippen molar-refractivity contribution in [3.63, 3.8) is 0 Å². The maximum absolute atomic E-state index is 12.9. The number of aromatic nitrogens is 1. The number of halogens is 3. The van der Waals surface area contributed by atoms with Crippen LogP contribution < -0.4 is 10.6 Å². The molecule has 0 amide bonds. The molecule has 0 radical (unpaired) electrons. The van der Waals surface area contributed by atoms with E-state index in [0.717, 1.165) is 0 Å². The van der Waals surface area contributed by atoms with Crippen molar-refractivity contribution in [3.8, 4) is 0 Å². The minimum absolute atomic E-state index is 0.285. The number of nitrogens with two attached hydrogens (primary N) is 1. The van der Waals surface area contributed by atoms with E-state index >= 15 is 0 Å². The molecule has 15 heavy (non-hydrogen) atoms. The summed E-state index contributed by atoms with van der Waals surface area (Å²) < 4.78 is 58.4. The smallest absolute Gasteiger partial charge is 0.278 e. The van der Waals surface area contributed by atoms with Gasteiger partial charge in [-0.05, 0) is 0 Å². The summed E-state index contributed by atoms with van der Waals surface area (Å²) >= 11 is 0. The first kappa shape index (κ1) is 11.7. The summed E-state index contributed by atoms with van der Waals surface area (Å²) in [4.78, 5) is 11.1. The third-order valence-electron chi connectivity index (χ3n) is 1.48. The Morgan fingerprint density at radius 2 is 1.93 bits per heavy atom. The number of pyridine rings is 1. The average Bonchev–Trinajstić information content (AvgIpc) is 1.99. The van der Waals surface area contributed by atoms with Gasteiger partial charge >= 0.3 is 0 Å². The highest BCUT2D eigenvalue weighted by molar-refractivity contribution is 7.89. The van der Waals surface area contributed by atoms with Crippen LogP contribution in [0.3, 0.4) is 0 Å². The normalized spacial score (nSPS) is 12.1. The molecule has 0 aliphatic rings. The van der Waals surface area contributed by atoms with Crippen LogP contribution in [0.15, 0.2) is 15.8 Å². The van der Waals surface area contributed by atoms with E-state index in [0.29, 0.717) is 0 Å². The van der Waals surface area contributed by atoms with Crippen molar-refractivity contribution < 1.29 is 21.6 Å². The second kappa shape index (κ2) is 3.66. The van der Waals surface area contributed by atoms with Gasteiger partial charge in [-0.1, -0.05) is 0 Å². The van der Waals surface area contributed by atoms with Gasteiger partial charge in [-0.3, -0.25) is 4.79 Å². The summed E-state index contributed by atoms with van der Waals surface area (Å²) in [5, 5.41) is 4.51. The zero-order chi connectivity index (χ0) is 11.8. The molecule has 1 aromatic rings. The Balaban J connectivity index is 3.56. The van der Waals surface area contributed by atoms with Gasteiger partial charge in [0.1, 0.15) is 0 Å². The zero-order valence-corrected chi connectivity index (χ0v) is 7.82. The molecule has 3 N–H and O–H groups in total. The van der Waals surface area contributed by atoms with Gasteiger partial charge in [0.15, 0.2) is 4.90 Å². The van der Waals surface area contributed by atoms with Crippen molar-refractivity contribution in [2.45, 2.75) is 11.3 Å². The van der Waals surface area contributed by atoms with Crippen LogP contribution in [0.1, 0.15) is 12.1 Å². The molecule has 5 nitrogen and oxygen atoms in total. The van der Waals surface area contributed by atoms with Crippen molar-refractivity contribution in [2.24, 2.45) is 5.14 Å². The molecule has 0 aliphatic carbocycles. The van der Waals surface area contributed by atoms with Gasteiger partial charge in [-0.25, -0.2) is 22.3 Å². The Kier molecular flexibility index (Phi) is 2.86. The number of hydrogen-bond donors (Lipinski definition) is 2. The Bertz CT molecular complexity index is 537. The van der Waals surface area contributed by atoms with Crippen LogP contribution in [-0.4, -0.2) is 13.4 Å². The fraction of sp³-hybridized carbons (Fsp3) is 0.167. The third-order valence-corrected chi connectivity index (χ3v) is 2.43. The first-order chi connectivity index (χ1) is 6.73. The molecule has 1 aromatic heterocycles. The van der Waals surface area contributed by atoms with Crippen LogP contribution in [0, 0.1) is 5.95 Å². The number of hydrogen-bond acceptors (Lipinski definition) is 3. The van der Waals surface area contributed by atoms with E-state index < -0.39 is 38.4 Å². The van der Waals surface area contributed by atoms with Crippen molar-refractivity contribution >= 4 is 10.0 Å². The summed E-state index contributed by atoms with van der Waals surface area (Å²) in [6, 6.07) is 0.285. The molecular formula is C6H5F3N2O3S. The first-order valence-electron chi connectivity index (χ1n) is 3.47. The monoisotopic (exact) mass is 242 g/mol. The number of nitrogens with one attached hydrogen (secondary N) is 1. The fourth-order valence-corrected chi connectivity index (χ4v) is 1.56. The molecule has 0 aliphatic heterocycles. The molecule has 0 bridgehead atoms. The van der Waals surface area contributed by atoms with E-state index in [1.165, 1.54) is 4.98 Å².